The number of carbonyl (C=O) groups excluding carboxylic acids is 1. The Kier molecular flexibility index (Phi) is 6.14. The Morgan fingerprint density at radius 3 is 2.63 bits per heavy atom. The number of amides is 1. The second-order valence-corrected chi connectivity index (χ2v) is 6.51. The third-order valence-corrected chi connectivity index (χ3v) is 4.13. The maximum Gasteiger partial charge on any atom is 0.254 e. The summed E-state index contributed by atoms with van der Waals surface area (Å²) in [6, 6.07) is 10.1. The van der Waals surface area contributed by atoms with Gasteiger partial charge in [-0.15, -0.1) is 0 Å². The molecule has 3 aromatic rings. The van der Waals surface area contributed by atoms with Gasteiger partial charge < -0.3 is 10.6 Å². The van der Waals surface area contributed by atoms with Crippen LogP contribution < -0.4 is 10.6 Å². The van der Waals surface area contributed by atoms with Gasteiger partial charge in [-0.05, 0) is 11.5 Å². The summed E-state index contributed by atoms with van der Waals surface area (Å²) in [7, 11) is 0. The van der Waals surface area contributed by atoms with Crippen LogP contribution in [-0.4, -0.2) is 38.7 Å². The molecule has 0 saturated heterocycles. The number of carbonyl (C=O) groups is 1. The number of rotatable bonds is 8. The van der Waals surface area contributed by atoms with Crippen LogP contribution in [0.4, 0.5) is 5.82 Å². The fourth-order valence-corrected chi connectivity index (χ4v) is 2.91. The van der Waals surface area contributed by atoms with Crippen LogP contribution in [0.2, 0.25) is 0 Å². The van der Waals surface area contributed by atoms with E-state index in [0.29, 0.717) is 31.0 Å². The SMILES string of the molecule is CC(C)c1c(C(=O)NCCNc2cnccn2)cnn1Cc1ccccc1. The minimum absolute atomic E-state index is 0.112. The molecule has 3 rings (SSSR count). The van der Waals surface area contributed by atoms with Crippen molar-refractivity contribution < 1.29 is 4.79 Å². The van der Waals surface area contributed by atoms with Crippen LogP contribution in [0.3, 0.4) is 0 Å². The standard InChI is InChI=1S/C20H24N6O/c1-15(2)19-17(12-25-26(19)14-16-6-4-3-5-7-16)20(27)24-11-10-23-18-13-21-8-9-22-18/h3-9,12-13,15H,10-11,14H2,1-2H3,(H,22,23)(H,24,27). The molecule has 0 spiro atoms. The van der Waals surface area contributed by atoms with Crippen LogP contribution in [0, 0.1) is 0 Å². The summed E-state index contributed by atoms with van der Waals surface area (Å²) in [5.41, 5.74) is 2.72. The fraction of sp³-hybridized carbons (Fsp3) is 0.300. The molecule has 27 heavy (non-hydrogen) atoms. The number of nitrogens with zero attached hydrogens (tertiary/aromatic N) is 4. The zero-order valence-electron chi connectivity index (χ0n) is 15.6. The van der Waals surface area contributed by atoms with Gasteiger partial charge in [-0.3, -0.25) is 14.5 Å². The van der Waals surface area contributed by atoms with E-state index in [9.17, 15) is 4.79 Å². The summed E-state index contributed by atoms with van der Waals surface area (Å²) < 4.78 is 1.91. The monoisotopic (exact) mass is 364 g/mol. The molecule has 1 aromatic carbocycles. The third-order valence-electron chi connectivity index (χ3n) is 4.13. The van der Waals surface area contributed by atoms with Crippen molar-refractivity contribution in [1.29, 1.82) is 0 Å². The zero-order chi connectivity index (χ0) is 19.1. The van der Waals surface area contributed by atoms with Crippen molar-refractivity contribution in [3.05, 3.63) is 71.9 Å². The van der Waals surface area contributed by atoms with Gasteiger partial charge in [0.2, 0.25) is 0 Å². The Hall–Kier alpha value is -3.22. The van der Waals surface area contributed by atoms with Gasteiger partial charge in [-0.1, -0.05) is 44.2 Å². The first-order chi connectivity index (χ1) is 13.1. The number of anilines is 1. The maximum atomic E-state index is 12.6. The van der Waals surface area contributed by atoms with Gasteiger partial charge in [0.15, 0.2) is 0 Å². The molecule has 2 heterocycles. The summed E-state index contributed by atoms with van der Waals surface area (Å²) in [6.45, 7) is 5.85. The Balaban J connectivity index is 1.62. The van der Waals surface area contributed by atoms with E-state index in [-0.39, 0.29) is 11.8 Å². The molecule has 7 nitrogen and oxygen atoms in total. The molecular weight excluding hydrogens is 340 g/mol. The summed E-state index contributed by atoms with van der Waals surface area (Å²) in [4.78, 5) is 20.8. The smallest absolute Gasteiger partial charge is 0.254 e. The van der Waals surface area contributed by atoms with Gasteiger partial charge in [0.05, 0.1) is 30.2 Å². The average molecular weight is 364 g/mol. The quantitative estimate of drug-likeness (QED) is 0.600. The summed E-state index contributed by atoms with van der Waals surface area (Å²) in [5, 5.41) is 10.5. The Labute approximate surface area is 158 Å². The minimum atomic E-state index is -0.112. The Morgan fingerprint density at radius 1 is 1.11 bits per heavy atom. The fourth-order valence-electron chi connectivity index (χ4n) is 2.91. The largest absolute Gasteiger partial charge is 0.367 e. The first-order valence-corrected chi connectivity index (χ1v) is 9.03. The van der Waals surface area contributed by atoms with Crippen molar-refractivity contribution in [3.8, 4) is 0 Å². The number of nitrogens with one attached hydrogen (secondary N) is 2. The molecular formula is C20H24N6O. The van der Waals surface area contributed by atoms with Crippen LogP contribution in [0.25, 0.3) is 0 Å². The first kappa shape index (κ1) is 18.6. The highest BCUT2D eigenvalue weighted by atomic mass is 16.1. The first-order valence-electron chi connectivity index (χ1n) is 9.03. The number of aromatic nitrogens is 4. The number of hydrogen-bond donors (Lipinski definition) is 2. The normalized spacial score (nSPS) is 10.8. The van der Waals surface area contributed by atoms with Crippen molar-refractivity contribution in [3.63, 3.8) is 0 Å². The Morgan fingerprint density at radius 2 is 1.93 bits per heavy atom. The molecule has 0 aliphatic heterocycles. The van der Waals surface area contributed by atoms with Crippen molar-refractivity contribution in [2.45, 2.75) is 26.3 Å². The van der Waals surface area contributed by atoms with E-state index in [4.69, 9.17) is 0 Å². The van der Waals surface area contributed by atoms with Gasteiger partial charge in [0, 0.05) is 25.5 Å². The molecule has 2 aromatic heterocycles. The highest BCUT2D eigenvalue weighted by Gasteiger charge is 2.19. The lowest BCUT2D eigenvalue weighted by Gasteiger charge is -2.13. The van der Waals surface area contributed by atoms with E-state index in [0.717, 1.165) is 11.3 Å². The predicted molar refractivity (Wildman–Crippen MR) is 105 cm³/mol. The van der Waals surface area contributed by atoms with Crippen LogP contribution in [0.5, 0.6) is 0 Å². The van der Waals surface area contributed by atoms with Crippen LogP contribution in [0.1, 0.15) is 41.4 Å². The molecule has 0 aliphatic rings. The Bertz CT molecular complexity index is 861. The molecule has 140 valence electrons. The van der Waals surface area contributed by atoms with E-state index in [1.165, 1.54) is 0 Å². The molecule has 0 aliphatic carbocycles. The van der Waals surface area contributed by atoms with E-state index in [1.54, 1.807) is 24.8 Å². The van der Waals surface area contributed by atoms with Crippen LogP contribution in [0.15, 0.2) is 55.1 Å². The molecule has 0 bridgehead atoms. The molecule has 7 heteroatoms. The topological polar surface area (TPSA) is 84.7 Å². The molecule has 0 radical (unpaired) electrons. The molecule has 2 N–H and O–H groups in total. The van der Waals surface area contributed by atoms with E-state index in [2.05, 4.69) is 51.7 Å². The van der Waals surface area contributed by atoms with Crippen LogP contribution >= 0.6 is 0 Å². The highest BCUT2D eigenvalue weighted by Crippen LogP contribution is 2.20. The average Bonchev–Trinajstić information content (AvgIpc) is 3.10. The van der Waals surface area contributed by atoms with Crippen molar-refractivity contribution in [2.75, 3.05) is 18.4 Å². The van der Waals surface area contributed by atoms with Gasteiger partial charge in [-0.2, -0.15) is 5.10 Å². The van der Waals surface area contributed by atoms with E-state index >= 15 is 0 Å². The molecule has 0 saturated carbocycles. The molecule has 0 atom stereocenters. The second kappa shape index (κ2) is 8.93. The molecule has 1 amide bonds. The lowest BCUT2D eigenvalue weighted by atomic mass is 10.0. The number of hydrogen-bond acceptors (Lipinski definition) is 5. The summed E-state index contributed by atoms with van der Waals surface area (Å²) in [6.07, 6.45) is 6.54. The molecule has 0 unspecified atom stereocenters. The van der Waals surface area contributed by atoms with Gasteiger partial charge in [0.1, 0.15) is 5.82 Å². The van der Waals surface area contributed by atoms with Crippen molar-refractivity contribution in [1.82, 2.24) is 25.1 Å². The predicted octanol–water partition coefficient (Wildman–Crippen LogP) is 2.69. The summed E-state index contributed by atoms with van der Waals surface area (Å²) in [5.74, 6) is 0.763. The lowest BCUT2D eigenvalue weighted by molar-refractivity contribution is 0.0953. The van der Waals surface area contributed by atoms with E-state index < -0.39 is 0 Å². The van der Waals surface area contributed by atoms with E-state index in [1.807, 2.05) is 22.9 Å². The summed E-state index contributed by atoms with van der Waals surface area (Å²) >= 11 is 0. The van der Waals surface area contributed by atoms with Crippen LogP contribution in [-0.2, 0) is 6.54 Å². The maximum absolute atomic E-state index is 12.6. The van der Waals surface area contributed by atoms with Gasteiger partial charge >= 0.3 is 0 Å². The van der Waals surface area contributed by atoms with Gasteiger partial charge in [0.25, 0.3) is 5.91 Å². The van der Waals surface area contributed by atoms with Crippen molar-refractivity contribution >= 4 is 11.7 Å². The third kappa shape index (κ3) is 4.91. The van der Waals surface area contributed by atoms with Gasteiger partial charge in [-0.25, -0.2) is 4.98 Å². The number of benzene rings is 1. The second-order valence-electron chi connectivity index (χ2n) is 6.51. The highest BCUT2D eigenvalue weighted by molar-refractivity contribution is 5.95. The lowest BCUT2D eigenvalue weighted by Crippen LogP contribution is -2.29. The minimum Gasteiger partial charge on any atom is -0.367 e. The molecule has 0 fully saturated rings. The van der Waals surface area contributed by atoms with Crippen molar-refractivity contribution in [2.24, 2.45) is 0 Å². The zero-order valence-corrected chi connectivity index (χ0v) is 15.6.